The number of likely N-dealkylation sites (N-methyl/N-ethyl adjacent to an activating group) is 1. The smallest absolute Gasteiger partial charge is 0.253 e. The van der Waals surface area contributed by atoms with Crippen LogP contribution in [0.1, 0.15) is 6.92 Å². The minimum Gasteiger partial charge on any atom is -0.312 e. The summed E-state index contributed by atoms with van der Waals surface area (Å²) in [6.45, 7) is 3.56. The molecule has 2 rings (SSSR count). The molecule has 1 saturated heterocycles. The summed E-state index contributed by atoms with van der Waals surface area (Å²) in [4.78, 5) is 17.7. The number of hydrogen-bond acceptors (Lipinski definition) is 3. The van der Waals surface area contributed by atoms with E-state index in [2.05, 4.69) is 10.3 Å². The van der Waals surface area contributed by atoms with Crippen LogP contribution < -0.4 is 10.2 Å². The fraction of sp³-hybridized carbons (Fsp3) is 0.333. The highest BCUT2D eigenvalue weighted by Crippen LogP contribution is 2.16. The van der Waals surface area contributed by atoms with Gasteiger partial charge in [0.1, 0.15) is 0 Å². The number of hydrogen-bond donors (Lipinski definition) is 1. The Morgan fingerprint density at radius 1 is 1.38 bits per heavy atom. The van der Waals surface area contributed by atoms with Gasteiger partial charge in [-0.15, -0.1) is 0 Å². The molecule has 0 atom stereocenters. The summed E-state index contributed by atoms with van der Waals surface area (Å²) in [5.74, 6) is 0.0581. The summed E-state index contributed by atoms with van der Waals surface area (Å²) in [7, 11) is 1.79. The Labute approximate surface area is 95.0 Å². The number of amides is 1. The zero-order valence-electron chi connectivity index (χ0n) is 9.53. The third kappa shape index (κ3) is 1.97. The normalized spacial score (nSPS) is 14.2. The van der Waals surface area contributed by atoms with Crippen molar-refractivity contribution >= 4 is 11.6 Å². The Hall–Kier alpha value is -1.68. The van der Waals surface area contributed by atoms with Crippen molar-refractivity contribution in [1.82, 2.24) is 10.3 Å². The molecule has 2 heterocycles. The molecule has 84 valence electrons. The highest BCUT2D eigenvalue weighted by Gasteiger charge is 2.19. The van der Waals surface area contributed by atoms with Gasteiger partial charge in [0.2, 0.25) is 0 Å². The van der Waals surface area contributed by atoms with Crippen molar-refractivity contribution in [3.63, 3.8) is 0 Å². The molecule has 0 bridgehead atoms. The molecule has 1 aliphatic rings. The first-order valence-electron chi connectivity index (χ1n) is 5.27. The van der Waals surface area contributed by atoms with Crippen molar-refractivity contribution in [2.75, 3.05) is 25.0 Å². The number of pyridine rings is 1. The third-order valence-electron chi connectivity index (χ3n) is 2.88. The molecule has 0 aromatic carbocycles. The fourth-order valence-corrected chi connectivity index (χ4v) is 1.60. The van der Waals surface area contributed by atoms with E-state index < -0.39 is 0 Å². The highest BCUT2D eigenvalue weighted by atomic mass is 16.2. The zero-order valence-corrected chi connectivity index (χ0v) is 9.53. The average Bonchev–Trinajstić information content (AvgIpc) is 2.26. The first-order valence-corrected chi connectivity index (χ1v) is 5.27. The number of nitrogens with zero attached hydrogens (tertiary/aromatic N) is 2. The van der Waals surface area contributed by atoms with E-state index in [0.29, 0.717) is 0 Å². The Kier molecular flexibility index (Phi) is 3.01. The molecule has 4 nitrogen and oxygen atoms in total. The minimum absolute atomic E-state index is 0.0581. The molecule has 4 heteroatoms. The topological polar surface area (TPSA) is 45.2 Å². The minimum atomic E-state index is 0.0581. The van der Waals surface area contributed by atoms with E-state index in [1.807, 2.05) is 19.1 Å². The van der Waals surface area contributed by atoms with Crippen LogP contribution in [0.2, 0.25) is 0 Å². The Balaban J connectivity index is 2.17. The molecule has 0 spiro atoms. The van der Waals surface area contributed by atoms with E-state index in [0.717, 1.165) is 24.4 Å². The van der Waals surface area contributed by atoms with E-state index in [9.17, 15) is 4.79 Å². The molecule has 0 saturated carbocycles. The van der Waals surface area contributed by atoms with Crippen molar-refractivity contribution in [2.24, 2.45) is 0 Å². The molecule has 1 fully saturated rings. The van der Waals surface area contributed by atoms with Gasteiger partial charge < -0.3 is 10.2 Å². The van der Waals surface area contributed by atoms with Gasteiger partial charge in [0.05, 0.1) is 0 Å². The van der Waals surface area contributed by atoms with Crippen molar-refractivity contribution in [1.29, 1.82) is 0 Å². The Bertz CT molecular complexity index is 419. The zero-order chi connectivity index (χ0) is 11.5. The summed E-state index contributed by atoms with van der Waals surface area (Å²) in [6.07, 6.45) is 3.37. The van der Waals surface area contributed by atoms with Crippen LogP contribution in [0.25, 0.3) is 0 Å². The maximum absolute atomic E-state index is 12.1. The second kappa shape index (κ2) is 4.45. The molecule has 1 N–H and O–H groups in total. The lowest BCUT2D eigenvalue weighted by atomic mass is 10.0. The SMILES string of the molecule is CC(C(=O)N(C)c1ccncc1)=C1CNC1. The molecule has 0 radical (unpaired) electrons. The summed E-state index contributed by atoms with van der Waals surface area (Å²) in [6, 6.07) is 3.66. The molecule has 1 aromatic heterocycles. The Morgan fingerprint density at radius 3 is 2.50 bits per heavy atom. The van der Waals surface area contributed by atoms with Gasteiger partial charge in [-0.2, -0.15) is 0 Å². The van der Waals surface area contributed by atoms with Crippen LogP contribution >= 0.6 is 0 Å². The van der Waals surface area contributed by atoms with Crippen LogP contribution in [0.15, 0.2) is 35.7 Å². The van der Waals surface area contributed by atoms with Crippen LogP contribution in [0.3, 0.4) is 0 Å². The Morgan fingerprint density at radius 2 is 2.00 bits per heavy atom. The number of carbonyl (C=O) groups is 1. The number of anilines is 1. The van der Waals surface area contributed by atoms with Gasteiger partial charge in [0, 0.05) is 43.8 Å². The maximum Gasteiger partial charge on any atom is 0.253 e. The summed E-state index contributed by atoms with van der Waals surface area (Å²) >= 11 is 0. The predicted molar refractivity (Wildman–Crippen MR) is 63.2 cm³/mol. The van der Waals surface area contributed by atoms with Gasteiger partial charge in [-0.25, -0.2) is 0 Å². The predicted octanol–water partition coefficient (Wildman–Crippen LogP) is 0.964. The van der Waals surface area contributed by atoms with Crippen LogP contribution in [-0.2, 0) is 4.79 Å². The lowest BCUT2D eigenvalue weighted by Crippen LogP contribution is -2.38. The van der Waals surface area contributed by atoms with Crippen LogP contribution in [0.5, 0.6) is 0 Å². The van der Waals surface area contributed by atoms with Crippen LogP contribution in [0, 0.1) is 0 Å². The average molecular weight is 217 g/mol. The van der Waals surface area contributed by atoms with Gasteiger partial charge >= 0.3 is 0 Å². The van der Waals surface area contributed by atoms with Gasteiger partial charge in [-0.3, -0.25) is 9.78 Å². The second-order valence-corrected chi connectivity index (χ2v) is 3.90. The highest BCUT2D eigenvalue weighted by molar-refractivity contribution is 6.05. The van der Waals surface area contributed by atoms with Crippen molar-refractivity contribution in [3.8, 4) is 0 Å². The summed E-state index contributed by atoms with van der Waals surface area (Å²) in [5, 5.41) is 3.14. The molecular weight excluding hydrogens is 202 g/mol. The van der Waals surface area contributed by atoms with Gasteiger partial charge in [0.25, 0.3) is 5.91 Å². The van der Waals surface area contributed by atoms with E-state index >= 15 is 0 Å². The van der Waals surface area contributed by atoms with Crippen molar-refractivity contribution < 1.29 is 4.79 Å². The van der Waals surface area contributed by atoms with Crippen molar-refractivity contribution in [3.05, 3.63) is 35.7 Å². The lowest BCUT2D eigenvalue weighted by molar-refractivity contribution is -0.114. The van der Waals surface area contributed by atoms with Gasteiger partial charge in [-0.1, -0.05) is 0 Å². The largest absolute Gasteiger partial charge is 0.312 e. The van der Waals surface area contributed by atoms with Crippen LogP contribution in [-0.4, -0.2) is 31.0 Å². The van der Waals surface area contributed by atoms with E-state index in [1.54, 1.807) is 24.3 Å². The van der Waals surface area contributed by atoms with Gasteiger partial charge in [0.15, 0.2) is 0 Å². The van der Waals surface area contributed by atoms with Crippen molar-refractivity contribution in [2.45, 2.75) is 6.92 Å². The van der Waals surface area contributed by atoms with E-state index in [4.69, 9.17) is 0 Å². The van der Waals surface area contributed by atoms with Gasteiger partial charge in [-0.05, 0) is 24.6 Å². The number of nitrogens with one attached hydrogen (secondary N) is 1. The monoisotopic (exact) mass is 217 g/mol. The first-order chi connectivity index (χ1) is 7.70. The van der Waals surface area contributed by atoms with E-state index in [1.165, 1.54) is 5.57 Å². The molecule has 0 unspecified atom stereocenters. The third-order valence-corrected chi connectivity index (χ3v) is 2.88. The lowest BCUT2D eigenvalue weighted by Gasteiger charge is -2.24. The molecule has 1 amide bonds. The first kappa shape index (κ1) is 10.8. The maximum atomic E-state index is 12.1. The standard InChI is InChI=1S/C12H15N3O/c1-9(10-7-14-8-10)12(16)15(2)11-3-5-13-6-4-11/h3-6,14H,7-8H2,1-2H3. The molecular formula is C12H15N3O. The molecule has 1 aliphatic heterocycles. The number of rotatable bonds is 2. The molecule has 16 heavy (non-hydrogen) atoms. The molecule has 1 aromatic rings. The molecule has 0 aliphatic carbocycles. The van der Waals surface area contributed by atoms with E-state index in [-0.39, 0.29) is 5.91 Å². The second-order valence-electron chi connectivity index (χ2n) is 3.90. The fourth-order valence-electron chi connectivity index (χ4n) is 1.60. The number of aromatic nitrogens is 1. The summed E-state index contributed by atoms with van der Waals surface area (Å²) < 4.78 is 0. The summed E-state index contributed by atoms with van der Waals surface area (Å²) in [5.41, 5.74) is 2.91. The quantitative estimate of drug-likeness (QED) is 0.751. The van der Waals surface area contributed by atoms with Crippen LogP contribution in [0.4, 0.5) is 5.69 Å². The number of carbonyl (C=O) groups excluding carboxylic acids is 1.